The molecule has 1 amide bonds. The minimum atomic E-state index is -0.0342. The van der Waals surface area contributed by atoms with Gasteiger partial charge in [-0.05, 0) is 48.9 Å². The van der Waals surface area contributed by atoms with Crippen LogP contribution in [0, 0.1) is 5.92 Å². The van der Waals surface area contributed by atoms with Gasteiger partial charge in [0.1, 0.15) is 0 Å². The fourth-order valence-corrected chi connectivity index (χ4v) is 4.13. The predicted octanol–water partition coefficient (Wildman–Crippen LogP) is 3.92. The van der Waals surface area contributed by atoms with Crippen LogP contribution in [0.3, 0.4) is 0 Å². The highest BCUT2D eigenvalue weighted by molar-refractivity contribution is 6.31. The third kappa shape index (κ3) is 4.67. The highest BCUT2D eigenvalue weighted by Gasteiger charge is 2.23. The molecule has 4 rings (SSSR count). The monoisotopic (exact) mass is 409 g/mol. The average Bonchev–Trinajstić information content (AvgIpc) is 2.75. The summed E-state index contributed by atoms with van der Waals surface area (Å²) in [6, 6.07) is 15.3. The van der Waals surface area contributed by atoms with E-state index in [1.54, 1.807) is 29.1 Å². The molecule has 6 heteroatoms. The molecular weight excluding hydrogens is 386 g/mol. The molecule has 29 heavy (non-hydrogen) atoms. The Kier molecular flexibility index (Phi) is 5.95. The number of fused-ring (bicyclic) bond motifs is 1. The number of halogens is 1. The number of hydrogen-bond acceptors (Lipinski definition) is 3. The van der Waals surface area contributed by atoms with E-state index in [0.717, 1.165) is 32.4 Å². The molecule has 0 N–H and O–H groups in total. The number of carbonyl (C=O) groups excluding carboxylic acids is 1. The van der Waals surface area contributed by atoms with Gasteiger partial charge in [0, 0.05) is 31.1 Å². The third-order valence-electron chi connectivity index (χ3n) is 5.68. The minimum Gasteiger partial charge on any atom is -0.343 e. The second kappa shape index (κ2) is 8.78. The average molecular weight is 410 g/mol. The summed E-state index contributed by atoms with van der Waals surface area (Å²) < 4.78 is 1.69. The van der Waals surface area contributed by atoms with Gasteiger partial charge in [0.15, 0.2) is 0 Å². The van der Waals surface area contributed by atoms with Crippen molar-refractivity contribution in [3.63, 3.8) is 0 Å². The zero-order valence-electron chi connectivity index (χ0n) is 16.3. The van der Waals surface area contributed by atoms with Crippen LogP contribution in [0.5, 0.6) is 0 Å². The van der Waals surface area contributed by atoms with E-state index in [1.165, 1.54) is 5.56 Å². The summed E-state index contributed by atoms with van der Waals surface area (Å²) >= 11 is 5.98. The number of rotatable bonds is 5. The molecule has 150 valence electrons. The molecule has 1 aliphatic heterocycles. The van der Waals surface area contributed by atoms with Crippen LogP contribution in [0.2, 0.25) is 5.02 Å². The predicted molar refractivity (Wildman–Crippen MR) is 115 cm³/mol. The van der Waals surface area contributed by atoms with Crippen LogP contribution in [-0.2, 0) is 17.8 Å². The lowest BCUT2D eigenvalue weighted by Crippen LogP contribution is -2.40. The van der Waals surface area contributed by atoms with Crippen LogP contribution >= 0.6 is 11.6 Å². The Labute approximate surface area is 174 Å². The summed E-state index contributed by atoms with van der Waals surface area (Å²) in [7, 11) is 0. The van der Waals surface area contributed by atoms with Gasteiger partial charge < -0.3 is 4.90 Å². The van der Waals surface area contributed by atoms with Gasteiger partial charge in [-0.1, -0.05) is 41.9 Å². The fraction of sp³-hybridized carbons (Fsp3) is 0.348. The van der Waals surface area contributed by atoms with Crippen LogP contribution in [0.4, 0.5) is 0 Å². The Balaban J connectivity index is 1.32. The van der Waals surface area contributed by atoms with Crippen molar-refractivity contribution >= 4 is 28.4 Å². The van der Waals surface area contributed by atoms with Gasteiger partial charge in [0.05, 0.1) is 17.2 Å². The van der Waals surface area contributed by atoms with Gasteiger partial charge in [-0.3, -0.25) is 14.2 Å². The lowest BCUT2D eigenvalue weighted by Gasteiger charge is -2.32. The number of hydrogen-bond donors (Lipinski definition) is 0. The first-order chi connectivity index (χ1) is 14.1. The van der Waals surface area contributed by atoms with Crippen LogP contribution in [0.15, 0.2) is 59.7 Å². The summed E-state index contributed by atoms with van der Waals surface area (Å²) in [5.41, 5.74) is 1.78. The topological polar surface area (TPSA) is 55.2 Å². The molecule has 2 aromatic carbocycles. The summed E-state index contributed by atoms with van der Waals surface area (Å²) in [6.07, 6.45) is 4.75. The standard InChI is InChI=1S/C23H24ClN3O2/c24-19-7-8-20-21(14-19)25-16-27(23(20)29)15-18-10-12-26(13-11-18)22(28)9-6-17-4-2-1-3-5-17/h1-5,7-8,14,16,18H,6,9-13,15H2. The van der Waals surface area contributed by atoms with E-state index >= 15 is 0 Å². The maximum absolute atomic E-state index is 12.7. The van der Waals surface area contributed by atoms with E-state index in [-0.39, 0.29) is 11.5 Å². The van der Waals surface area contributed by atoms with Crippen molar-refractivity contribution in [2.75, 3.05) is 13.1 Å². The number of amides is 1. The van der Waals surface area contributed by atoms with Gasteiger partial charge in [0.25, 0.3) is 5.56 Å². The Bertz CT molecular complexity index is 1060. The van der Waals surface area contributed by atoms with E-state index in [4.69, 9.17) is 11.6 Å². The SMILES string of the molecule is O=C(CCc1ccccc1)N1CCC(Cn2cnc3cc(Cl)ccc3c2=O)CC1. The van der Waals surface area contributed by atoms with Gasteiger partial charge in [-0.15, -0.1) is 0 Å². The molecular formula is C23H24ClN3O2. The Morgan fingerprint density at radius 1 is 1.10 bits per heavy atom. The zero-order chi connectivity index (χ0) is 20.2. The molecule has 2 heterocycles. The summed E-state index contributed by atoms with van der Waals surface area (Å²) in [5.74, 6) is 0.589. The number of piperidine rings is 1. The molecule has 0 bridgehead atoms. The van der Waals surface area contributed by atoms with Crippen LogP contribution in [0.25, 0.3) is 10.9 Å². The normalized spacial score (nSPS) is 15.0. The van der Waals surface area contributed by atoms with Crippen molar-refractivity contribution in [3.05, 3.63) is 75.8 Å². The van der Waals surface area contributed by atoms with Crippen LogP contribution < -0.4 is 5.56 Å². The molecule has 0 radical (unpaired) electrons. The summed E-state index contributed by atoms with van der Waals surface area (Å²) in [5, 5.41) is 1.16. The minimum absolute atomic E-state index is 0.0342. The molecule has 0 atom stereocenters. The van der Waals surface area contributed by atoms with E-state index in [0.29, 0.717) is 34.8 Å². The number of likely N-dealkylation sites (tertiary alicyclic amines) is 1. The van der Waals surface area contributed by atoms with Crippen molar-refractivity contribution in [2.24, 2.45) is 5.92 Å². The Morgan fingerprint density at radius 2 is 1.86 bits per heavy atom. The summed E-state index contributed by atoms with van der Waals surface area (Å²) in [4.78, 5) is 31.6. The second-order valence-corrected chi connectivity index (χ2v) is 8.11. The van der Waals surface area contributed by atoms with Crippen molar-refractivity contribution in [2.45, 2.75) is 32.2 Å². The molecule has 0 aliphatic carbocycles. The van der Waals surface area contributed by atoms with Gasteiger partial charge in [0.2, 0.25) is 5.91 Å². The number of aromatic nitrogens is 2. The van der Waals surface area contributed by atoms with Crippen molar-refractivity contribution in [1.29, 1.82) is 0 Å². The molecule has 0 spiro atoms. The van der Waals surface area contributed by atoms with Crippen molar-refractivity contribution in [3.8, 4) is 0 Å². The Hall–Kier alpha value is -2.66. The molecule has 3 aromatic rings. The molecule has 0 saturated carbocycles. The van der Waals surface area contributed by atoms with E-state index in [1.807, 2.05) is 23.1 Å². The first-order valence-corrected chi connectivity index (χ1v) is 10.4. The molecule has 0 unspecified atom stereocenters. The zero-order valence-corrected chi connectivity index (χ0v) is 17.0. The third-order valence-corrected chi connectivity index (χ3v) is 5.91. The van der Waals surface area contributed by atoms with Crippen molar-refractivity contribution < 1.29 is 4.79 Å². The van der Waals surface area contributed by atoms with E-state index < -0.39 is 0 Å². The van der Waals surface area contributed by atoms with Gasteiger partial charge >= 0.3 is 0 Å². The summed E-state index contributed by atoms with van der Waals surface area (Å²) in [6.45, 7) is 2.14. The first-order valence-electron chi connectivity index (χ1n) is 10.1. The number of benzene rings is 2. The second-order valence-electron chi connectivity index (χ2n) is 7.67. The maximum Gasteiger partial charge on any atom is 0.261 e. The lowest BCUT2D eigenvalue weighted by molar-refractivity contribution is -0.132. The van der Waals surface area contributed by atoms with Crippen molar-refractivity contribution in [1.82, 2.24) is 14.5 Å². The number of nitrogens with zero attached hydrogens (tertiary/aromatic N) is 3. The fourth-order valence-electron chi connectivity index (χ4n) is 3.96. The van der Waals surface area contributed by atoms with Gasteiger partial charge in [-0.2, -0.15) is 0 Å². The maximum atomic E-state index is 12.7. The number of aryl methyl sites for hydroxylation is 1. The van der Waals surface area contributed by atoms with Crippen LogP contribution in [0.1, 0.15) is 24.8 Å². The highest BCUT2D eigenvalue weighted by Crippen LogP contribution is 2.20. The Morgan fingerprint density at radius 3 is 2.62 bits per heavy atom. The molecule has 1 fully saturated rings. The highest BCUT2D eigenvalue weighted by atomic mass is 35.5. The first kappa shape index (κ1) is 19.6. The van der Waals surface area contributed by atoms with E-state index in [2.05, 4.69) is 17.1 Å². The molecule has 1 aromatic heterocycles. The quantitative estimate of drug-likeness (QED) is 0.641. The smallest absolute Gasteiger partial charge is 0.261 e. The molecule has 1 aliphatic rings. The van der Waals surface area contributed by atoms with E-state index in [9.17, 15) is 9.59 Å². The molecule has 5 nitrogen and oxygen atoms in total. The molecule has 1 saturated heterocycles. The van der Waals surface area contributed by atoms with Gasteiger partial charge in [-0.25, -0.2) is 4.98 Å². The van der Waals surface area contributed by atoms with Crippen LogP contribution in [-0.4, -0.2) is 33.4 Å². The largest absolute Gasteiger partial charge is 0.343 e. The lowest BCUT2D eigenvalue weighted by atomic mass is 9.96. The number of carbonyl (C=O) groups is 1.